The number of nitrogens with zero attached hydrogens (tertiary/aromatic N) is 3. The highest BCUT2D eigenvalue weighted by Crippen LogP contribution is 2.28. The maximum absolute atomic E-state index is 13.2. The average Bonchev–Trinajstić information content (AvgIpc) is 3.16. The van der Waals surface area contributed by atoms with Crippen LogP contribution in [-0.2, 0) is 9.59 Å². The van der Waals surface area contributed by atoms with Crippen LogP contribution in [0.2, 0.25) is 0 Å². The molecule has 0 saturated carbocycles. The molecule has 2 aromatic rings. The molecule has 2 aliphatic heterocycles. The molecule has 4 rings (SSSR count). The second-order valence-electron chi connectivity index (χ2n) is 8.96. The van der Waals surface area contributed by atoms with Crippen molar-refractivity contribution in [3.05, 3.63) is 54.1 Å². The molecule has 34 heavy (non-hydrogen) atoms. The predicted molar refractivity (Wildman–Crippen MR) is 133 cm³/mol. The minimum Gasteiger partial charge on any atom is -0.494 e. The third-order valence-electron chi connectivity index (χ3n) is 6.63. The number of unbranched alkanes of at least 4 members (excludes halogenated alkanes) is 2. The fourth-order valence-electron chi connectivity index (χ4n) is 4.60. The van der Waals surface area contributed by atoms with Gasteiger partial charge in [-0.25, -0.2) is 4.90 Å². The molecule has 7 heteroatoms. The Hall–Kier alpha value is -3.19. The Kier molecular flexibility index (Phi) is 7.63. The fraction of sp³-hybridized carbons (Fsp3) is 0.444. The summed E-state index contributed by atoms with van der Waals surface area (Å²) < 4.78 is 5.74. The number of hydrogen-bond acceptors (Lipinski definition) is 6. The molecule has 2 saturated heterocycles. The molecule has 0 bridgehead atoms. The first-order chi connectivity index (χ1) is 16.5. The Morgan fingerprint density at radius 2 is 1.56 bits per heavy atom. The van der Waals surface area contributed by atoms with E-state index in [2.05, 4.69) is 16.7 Å². The van der Waals surface area contributed by atoms with Crippen LogP contribution in [-0.4, -0.2) is 61.3 Å². The third kappa shape index (κ3) is 5.30. The molecule has 1 unspecified atom stereocenters. The summed E-state index contributed by atoms with van der Waals surface area (Å²) in [4.78, 5) is 43.1. The normalized spacial score (nSPS) is 19.1. The summed E-state index contributed by atoms with van der Waals surface area (Å²) >= 11 is 0. The van der Waals surface area contributed by atoms with Crippen LogP contribution in [0.4, 0.5) is 11.4 Å². The molecular formula is C27H33N3O4. The fourth-order valence-corrected chi connectivity index (χ4v) is 4.60. The van der Waals surface area contributed by atoms with Crippen molar-refractivity contribution < 1.29 is 19.1 Å². The zero-order valence-corrected chi connectivity index (χ0v) is 20.0. The van der Waals surface area contributed by atoms with Crippen LogP contribution in [0.5, 0.6) is 5.75 Å². The summed E-state index contributed by atoms with van der Waals surface area (Å²) in [6.45, 7) is 7.33. The Morgan fingerprint density at radius 1 is 0.912 bits per heavy atom. The lowest BCUT2D eigenvalue weighted by atomic mass is 10.1. The van der Waals surface area contributed by atoms with Crippen LogP contribution in [0.25, 0.3) is 0 Å². The monoisotopic (exact) mass is 463 g/mol. The van der Waals surface area contributed by atoms with Gasteiger partial charge in [0.1, 0.15) is 5.75 Å². The van der Waals surface area contributed by atoms with Crippen molar-refractivity contribution in [2.24, 2.45) is 0 Å². The van der Waals surface area contributed by atoms with Crippen molar-refractivity contribution in [3.8, 4) is 5.75 Å². The van der Waals surface area contributed by atoms with Crippen molar-refractivity contribution in [3.63, 3.8) is 0 Å². The molecular weight excluding hydrogens is 430 g/mol. The quantitative estimate of drug-likeness (QED) is 0.319. The largest absolute Gasteiger partial charge is 0.494 e. The van der Waals surface area contributed by atoms with Crippen LogP contribution < -0.4 is 14.5 Å². The minimum absolute atomic E-state index is 0.0551. The van der Waals surface area contributed by atoms with Crippen molar-refractivity contribution >= 4 is 29.0 Å². The number of piperazine rings is 1. The molecule has 2 fully saturated rings. The van der Waals surface area contributed by atoms with Gasteiger partial charge in [0.2, 0.25) is 5.91 Å². The second kappa shape index (κ2) is 10.8. The Labute approximate surface area is 201 Å². The van der Waals surface area contributed by atoms with E-state index in [0.29, 0.717) is 30.9 Å². The van der Waals surface area contributed by atoms with Gasteiger partial charge >= 0.3 is 0 Å². The van der Waals surface area contributed by atoms with Gasteiger partial charge in [-0.05, 0) is 61.9 Å². The number of imide groups is 1. The molecule has 7 nitrogen and oxygen atoms in total. The molecule has 2 amide bonds. The summed E-state index contributed by atoms with van der Waals surface area (Å²) in [5.41, 5.74) is 2.37. The van der Waals surface area contributed by atoms with Gasteiger partial charge in [0.25, 0.3) is 5.91 Å². The average molecular weight is 464 g/mol. The van der Waals surface area contributed by atoms with E-state index in [4.69, 9.17) is 4.74 Å². The molecule has 2 aliphatic rings. The van der Waals surface area contributed by atoms with E-state index in [1.54, 1.807) is 19.1 Å². The second-order valence-corrected chi connectivity index (χ2v) is 8.96. The van der Waals surface area contributed by atoms with E-state index in [-0.39, 0.29) is 24.0 Å². The molecule has 0 radical (unpaired) electrons. The smallest absolute Gasteiger partial charge is 0.251 e. The number of rotatable bonds is 9. The molecule has 0 N–H and O–H groups in total. The molecule has 2 heterocycles. The van der Waals surface area contributed by atoms with Crippen LogP contribution in [0.1, 0.15) is 49.9 Å². The number of hydrogen-bond donors (Lipinski definition) is 0. The van der Waals surface area contributed by atoms with Crippen molar-refractivity contribution in [2.45, 2.75) is 45.6 Å². The number of ether oxygens (including phenoxy) is 1. The first-order valence-electron chi connectivity index (χ1n) is 12.2. The van der Waals surface area contributed by atoms with Crippen molar-refractivity contribution in [2.75, 3.05) is 42.6 Å². The summed E-state index contributed by atoms with van der Waals surface area (Å²) in [5, 5.41) is 0. The standard InChI is InChI=1S/C27H33N3O4/c1-3-4-5-18-34-24-12-10-23(11-13-24)30-26(32)19-25(27(30)33)29-16-14-28(15-17-29)22-8-6-21(7-9-22)20(2)31/h6-13,25H,3-5,14-19H2,1-2H3. The first-order valence-corrected chi connectivity index (χ1v) is 12.2. The van der Waals surface area contributed by atoms with E-state index >= 15 is 0 Å². The Bertz CT molecular complexity index is 1010. The Balaban J connectivity index is 1.33. The van der Waals surface area contributed by atoms with E-state index in [1.807, 2.05) is 36.4 Å². The van der Waals surface area contributed by atoms with E-state index in [0.717, 1.165) is 43.8 Å². The summed E-state index contributed by atoms with van der Waals surface area (Å²) in [7, 11) is 0. The van der Waals surface area contributed by atoms with Crippen LogP contribution in [0.3, 0.4) is 0 Å². The van der Waals surface area contributed by atoms with E-state index < -0.39 is 6.04 Å². The highest BCUT2D eigenvalue weighted by atomic mass is 16.5. The number of Topliss-reactive ketones (excluding diaryl/α,β-unsaturated/α-hetero) is 1. The molecule has 0 aromatic heterocycles. The molecule has 2 aromatic carbocycles. The summed E-state index contributed by atoms with van der Waals surface area (Å²) in [6.07, 6.45) is 3.50. The van der Waals surface area contributed by atoms with Crippen LogP contribution in [0, 0.1) is 0 Å². The van der Waals surface area contributed by atoms with Gasteiger partial charge in [0, 0.05) is 37.4 Å². The highest BCUT2D eigenvalue weighted by Gasteiger charge is 2.43. The van der Waals surface area contributed by atoms with Gasteiger partial charge in [-0.1, -0.05) is 19.8 Å². The summed E-state index contributed by atoms with van der Waals surface area (Å²) in [5.74, 6) is 0.497. The topological polar surface area (TPSA) is 70.2 Å². The lowest BCUT2D eigenvalue weighted by Gasteiger charge is -2.38. The lowest BCUT2D eigenvalue weighted by molar-refractivity contribution is -0.123. The van der Waals surface area contributed by atoms with Gasteiger partial charge in [-0.15, -0.1) is 0 Å². The van der Waals surface area contributed by atoms with Gasteiger partial charge < -0.3 is 9.64 Å². The van der Waals surface area contributed by atoms with Crippen molar-refractivity contribution in [1.29, 1.82) is 0 Å². The summed E-state index contributed by atoms with van der Waals surface area (Å²) in [6, 6.07) is 14.4. The van der Waals surface area contributed by atoms with Gasteiger partial charge in [-0.2, -0.15) is 0 Å². The Morgan fingerprint density at radius 3 is 2.18 bits per heavy atom. The number of anilines is 2. The number of carbonyl (C=O) groups is 3. The maximum Gasteiger partial charge on any atom is 0.251 e. The zero-order chi connectivity index (χ0) is 24.1. The number of benzene rings is 2. The third-order valence-corrected chi connectivity index (χ3v) is 6.63. The SMILES string of the molecule is CCCCCOc1ccc(N2C(=O)CC(N3CCN(c4ccc(C(C)=O)cc4)CC3)C2=O)cc1. The molecule has 1 atom stereocenters. The maximum atomic E-state index is 13.2. The molecule has 0 spiro atoms. The van der Waals surface area contributed by atoms with E-state index in [9.17, 15) is 14.4 Å². The van der Waals surface area contributed by atoms with Crippen LogP contribution in [0.15, 0.2) is 48.5 Å². The predicted octanol–water partition coefficient (Wildman–Crippen LogP) is 3.91. The lowest BCUT2D eigenvalue weighted by Crippen LogP contribution is -2.52. The number of carbonyl (C=O) groups excluding carboxylic acids is 3. The van der Waals surface area contributed by atoms with E-state index in [1.165, 1.54) is 4.90 Å². The molecule has 0 aliphatic carbocycles. The van der Waals surface area contributed by atoms with Gasteiger partial charge in [-0.3, -0.25) is 19.3 Å². The van der Waals surface area contributed by atoms with Crippen LogP contribution >= 0.6 is 0 Å². The number of ketones is 1. The highest BCUT2D eigenvalue weighted by molar-refractivity contribution is 6.22. The number of amides is 2. The minimum atomic E-state index is -0.417. The van der Waals surface area contributed by atoms with Crippen molar-refractivity contribution in [1.82, 2.24) is 4.90 Å². The zero-order valence-electron chi connectivity index (χ0n) is 20.0. The first kappa shape index (κ1) is 24.0. The molecule has 180 valence electrons. The van der Waals surface area contributed by atoms with Gasteiger partial charge in [0.05, 0.1) is 24.8 Å². The van der Waals surface area contributed by atoms with Gasteiger partial charge in [0.15, 0.2) is 5.78 Å².